The molecule has 0 spiro atoms. The van der Waals surface area contributed by atoms with Gasteiger partial charge in [-0.15, -0.1) is 5.10 Å². The van der Waals surface area contributed by atoms with Crippen molar-refractivity contribution in [1.82, 2.24) is 20.3 Å². The van der Waals surface area contributed by atoms with Crippen molar-refractivity contribution in [2.75, 3.05) is 7.05 Å². The second-order valence-corrected chi connectivity index (χ2v) is 5.02. The second kappa shape index (κ2) is 6.17. The Morgan fingerprint density at radius 1 is 1.42 bits per heavy atom. The zero-order valence-electron chi connectivity index (χ0n) is 11.5. The molecule has 1 heterocycles. The van der Waals surface area contributed by atoms with Crippen LogP contribution in [0.5, 0.6) is 0 Å². The molecule has 102 valence electrons. The first kappa shape index (κ1) is 14.0. The summed E-state index contributed by atoms with van der Waals surface area (Å²) in [6.45, 7) is 5.02. The fraction of sp³-hybridized carbons (Fsp3) is 0.429. The molecule has 1 aromatic carbocycles. The van der Waals surface area contributed by atoms with Gasteiger partial charge in [-0.3, -0.25) is 0 Å². The van der Waals surface area contributed by atoms with Crippen LogP contribution in [-0.4, -0.2) is 22.0 Å². The van der Waals surface area contributed by atoms with E-state index < -0.39 is 0 Å². The summed E-state index contributed by atoms with van der Waals surface area (Å²) in [4.78, 5) is 0. The lowest BCUT2D eigenvalue weighted by atomic mass is 10.0. The fourth-order valence-electron chi connectivity index (χ4n) is 2.21. The zero-order valence-corrected chi connectivity index (χ0v) is 12.3. The molecule has 5 heteroatoms. The van der Waals surface area contributed by atoms with Crippen LogP contribution in [0.3, 0.4) is 0 Å². The molecule has 0 saturated carbocycles. The molecular formula is C14H19ClN4. The lowest BCUT2D eigenvalue weighted by Crippen LogP contribution is -2.21. The molecular weight excluding hydrogens is 260 g/mol. The number of aryl methyl sites for hydroxylation is 2. The number of rotatable bonds is 5. The van der Waals surface area contributed by atoms with Crippen LogP contribution in [0.1, 0.15) is 36.2 Å². The Kier molecular flexibility index (Phi) is 4.56. The van der Waals surface area contributed by atoms with Crippen LogP contribution in [0, 0.1) is 6.92 Å². The first-order valence-electron chi connectivity index (χ1n) is 6.49. The fourth-order valence-corrected chi connectivity index (χ4v) is 2.33. The van der Waals surface area contributed by atoms with Gasteiger partial charge in [0.2, 0.25) is 0 Å². The standard InChI is InChI=1S/C14H19ClN4/c1-4-7-19-13(9-17-18-19)14(16-3)11-5-6-12(15)10(2)8-11/h5-6,8-9,14,16H,4,7H2,1-3H3. The second-order valence-electron chi connectivity index (χ2n) is 4.61. The van der Waals surface area contributed by atoms with Crippen molar-refractivity contribution in [3.05, 3.63) is 46.2 Å². The molecule has 1 N–H and O–H groups in total. The summed E-state index contributed by atoms with van der Waals surface area (Å²) in [6.07, 6.45) is 2.85. The molecule has 0 aliphatic carbocycles. The summed E-state index contributed by atoms with van der Waals surface area (Å²) in [5.41, 5.74) is 3.32. The van der Waals surface area contributed by atoms with E-state index in [2.05, 4.69) is 28.6 Å². The molecule has 2 rings (SSSR count). The number of aromatic nitrogens is 3. The number of nitrogens with zero attached hydrogens (tertiary/aromatic N) is 3. The van der Waals surface area contributed by atoms with E-state index in [0.29, 0.717) is 0 Å². The molecule has 0 amide bonds. The molecule has 1 unspecified atom stereocenters. The van der Waals surface area contributed by atoms with Gasteiger partial charge < -0.3 is 5.32 Å². The van der Waals surface area contributed by atoms with Gasteiger partial charge in [-0.1, -0.05) is 35.9 Å². The molecule has 1 atom stereocenters. The van der Waals surface area contributed by atoms with Crippen LogP contribution >= 0.6 is 11.6 Å². The molecule has 19 heavy (non-hydrogen) atoms. The van der Waals surface area contributed by atoms with Gasteiger partial charge in [0.1, 0.15) is 0 Å². The van der Waals surface area contributed by atoms with Gasteiger partial charge >= 0.3 is 0 Å². The highest BCUT2D eigenvalue weighted by atomic mass is 35.5. The Morgan fingerprint density at radius 3 is 2.84 bits per heavy atom. The topological polar surface area (TPSA) is 42.7 Å². The summed E-state index contributed by atoms with van der Waals surface area (Å²) < 4.78 is 1.95. The Morgan fingerprint density at radius 2 is 2.21 bits per heavy atom. The highest BCUT2D eigenvalue weighted by Gasteiger charge is 2.17. The van der Waals surface area contributed by atoms with Gasteiger partial charge in [-0.25, -0.2) is 4.68 Å². The normalized spacial score (nSPS) is 12.6. The third kappa shape index (κ3) is 2.96. The van der Waals surface area contributed by atoms with Crippen LogP contribution in [0.25, 0.3) is 0 Å². The maximum atomic E-state index is 6.08. The summed E-state index contributed by atoms with van der Waals surface area (Å²) >= 11 is 6.08. The van der Waals surface area contributed by atoms with Crippen molar-refractivity contribution in [1.29, 1.82) is 0 Å². The van der Waals surface area contributed by atoms with Crippen LogP contribution in [0.2, 0.25) is 5.02 Å². The first-order valence-corrected chi connectivity index (χ1v) is 6.86. The summed E-state index contributed by atoms with van der Waals surface area (Å²) in [6, 6.07) is 6.16. The van der Waals surface area contributed by atoms with Crippen LogP contribution in [-0.2, 0) is 6.54 Å². The van der Waals surface area contributed by atoms with E-state index in [1.807, 2.05) is 37.0 Å². The molecule has 2 aromatic rings. The van der Waals surface area contributed by atoms with Crippen molar-refractivity contribution in [2.24, 2.45) is 0 Å². The van der Waals surface area contributed by atoms with E-state index in [1.54, 1.807) is 0 Å². The van der Waals surface area contributed by atoms with Crippen molar-refractivity contribution < 1.29 is 0 Å². The van der Waals surface area contributed by atoms with E-state index in [9.17, 15) is 0 Å². The monoisotopic (exact) mass is 278 g/mol. The number of hydrogen-bond donors (Lipinski definition) is 1. The smallest absolute Gasteiger partial charge is 0.0801 e. The molecule has 1 aromatic heterocycles. The minimum atomic E-state index is 0.0810. The van der Waals surface area contributed by atoms with Gasteiger partial charge in [0.25, 0.3) is 0 Å². The van der Waals surface area contributed by atoms with Crippen molar-refractivity contribution in [3.8, 4) is 0 Å². The highest BCUT2D eigenvalue weighted by molar-refractivity contribution is 6.31. The minimum Gasteiger partial charge on any atom is -0.308 e. The maximum Gasteiger partial charge on any atom is 0.0801 e. The Hall–Kier alpha value is -1.39. The summed E-state index contributed by atoms with van der Waals surface area (Å²) in [5.74, 6) is 0. The van der Waals surface area contributed by atoms with Crippen LogP contribution < -0.4 is 5.32 Å². The lowest BCUT2D eigenvalue weighted by Gasteiger charge is -2.18. The van der Waals surface area contributed by atoms with Crippen molar-refractivity contribution in [2.45, 2.75) is 32.9 Å². The third-order valence-corrected chi connectivity index (χ3v) is 3.61. The Bertz CT molecular complexity index is 550. The van der Waals surface area contributed by atoms with E-state index >= 15 is 0 Å². The molecule has 0 radical (unpaired) electrons. The molecule has 0 aliphatic rings. The number of nitrogens with one attached hydrogen (secondary N) is 1. The zero-order chi connectivity index (χ0) is 13.8. The van der Waals surface area contributed by atoms with Gasteiger partial charge in [0.05, 0.1) is 17.9 Å². The first-order chi connectivity index (χ1) is 9.17. The van der Waals surface area contributed by atoms with Gasteiger partial charge in [0.15, 0.2) is 0 Å². The van der Waals surface area contributed by atoms with E-state index in [1.165, 1.54) is 5.56 Å². The number of benzene rings is 1. The Balaban J connectivity index is 2.38. The van der Waals surface area contributed by atoms with Crippen LogP contribution in [0.4, 0.5) is 0 Å². The third-order valence-electron chi connectivity index (χ3n) is 3.18. The lowest BCUT2D eigenvalue weighted by molar-refractivity contribution is 0.523. The average Bonchev–Trinajstić information content (AvgIpc) is 2.83. The summed E-state index contributed by atoms with van der Waals surface area (Å²) in [7, 11) is 1.94. The predicted octanol–water partition coefficient (Wildman–Crippen LogP) is 2.96. The quantitative estimate of drug-likeness (QED) is 0.914. The highest BCUT2D eigenvalue weighted by Crippen LogP contribution is 2.25. The SMILES string of the molecule is CCCn1nncc1C(NC)c1ccc(Cl)c(C)c1. The average molecular weight is 279 g/mol. The molecule has 0 fully saturated rings. The number of hydrogen-bond acceptors (Lipinski definition) is 3. The van der Waals surface area contributed by atoms with Gasteiger partial charge in [0, 0.05) is 11.6 Å². The van der Waals surface area contributed by atoms with Gasteiger partial charge in [-0.05, 0) is 37.6 Å². The number of halogens is 1. The van der Waals surface area contributed by atoms with E-state index in [4.69, 9.17) is 11.6 Å². The molecule has 4 nitrogen and oxygen atoms in total. The van der Waals surface area contributed by atoms with Crippen molar-refractivity contribution >= 4 is 11.6 Å². The molecule has 0 saturated heterocycles. The molecule has 0 bridgehead atoms. The van der Waals surface area contributed by atoms with E-state index in [0.717, 1.165) is 29.2 Å². The van der Waals surface area contributed by atoms with E-state index in [-0.39, 0.29) is 6.04 Å². The van der Waals surface area contributed by atoms with Gasteiger partial charge in [-0.2, -0.15) is 0 Å². The maximum absolute atomic E-state index is 6.08. The largest absolute Gasteiger partial charge is 0.308 e. The van der Waals surface area contributed by atoms with Crippen LogP contribution in [0.15, 0.2) is 24.4 Å². The minimum absolute atomic E-state index is 0.0810. The van der Waals surface area contributed by atoms with Crippen molar-refractivity contribution in [3.63, 3.8) is 0 Å². The summed E-state index contributed by atoms with van der Waals surface area (Å²) in [5, 5.41) is 12.3. The predicted molar refractivity (Wildman–Crippen MR) is 77.4 cm³/mol. The molecule has 0 aliphatic heterocycles. The Labute approximate surface area is 118 Å².